The van der Waals surface area contributed by atoms with E-state index in [0.717, 1.165) is 36.4 Å². The first-order chi connectivity index (χ1) is 8.11. The molecule has 98 valence electrons. The molecule has 0 fully saturated rings. The molecule has 5 nitrogen and oxygen atoms in total. The summed E-state index contributed by atoms with van der Waals surface area (Å²) >= 11 is 1.75. The zero-order chi connectivity index (χ0) is 12.7. The number of thioether (sulfide) groups is 1. The van der Waals surface area contributed by atoms with E-state index in [1.807, 2.05) is 18.5 Å². The van der Waals surface area contributed by atoms with E-state index >= 15 is 0 Å². The molecule has 1 heterocycles. The van der Waals surface area contributed by atoms with Crippen molar-refractivity contribution in [2.24, 2.45) is 7.05 Å². The summed E-state index contributed by atoms with van der Waals surface area (Å²) in [5.41, 5.74) is 0. The molecule has 0 saturated carbocycles. The fraction of sp³-hybridized carbons (Fsp3) is 0.818. The van der Waals surface area contributed by atoms with Crippen LogP contribution in [-0.2, 0) is 7.05 Å². The second-order valence-electron chi connectivity index (χ2n) is 4.34. The van der Waals surface area contributed by atoms with Gasteiger partial charge in [-0.15, -0.1) is 10.2 Å². The minimum absolute atomic E-state index is 0.964. The van der Waals surface area contributed by atoms with E-state index in [-0.39, 0.29) is 0 Å². The van der Waals surface area contributed by atoms with Crippen molar-refractivity contribution in [2.45, 2.75) is 18.5 Å². The number of nitrogens with one attached hydrogen (secondary N) is 1. The van der Waals surface area contributed by atoms with Crippen LogP contribution in [0.3, 0.4) is 0 Å². The lowest BCUT2D eigenvalue weighted by molar-refractivity contribution is 0.396. The summed E-state index contributed by atoms with van der Waals surface area (Å²) in [4.78, 5) is 2.21. The van der Waals surface area contributed by atoms with Gasteiger partial charge >= 0.3 is 0 Å². The second kappa shape index (κ2) is 7.68. The smallest absolute Gasteiger partial charge is 0.190 e. The van der Waals surface area contributed by atoms with Crippen molar-refractivity contribution in [3.63, 3.8) is 0 Å². The van der Waals surface area contributed by atoms with Gasteiger partial charge in [-0.1, -0.05) is 11.8 Å². The van der Waals surface area contributed by atoms with Gasteiger partial charge in [-0.3, -0.25) is 0 Å². The Hall–Kier alpha value is -0.590. The maximum Gasteiger partial charge on any atom is 0.190 e. The molecule has 0 aliphatic heterocycles. The summed E-state index contributed by atoms with van der Waals surface area (Å²) in [5, 5.41) is 12.6. The molecule has 1 rings (SSSR count). The molecule has 1 aromatic heterocycles. The van der Waals surface area contributed by atoms with E-state index in [9.17, 15) is 0 Å². The molecule has 17 heavy (non-hydrogen) atoms. The van der Waals surface area contributed by atoms with Gasteiger partial charge in [0.05, 0.1) is 0 Å². The van der Waals surface area contributed by atoms with Crippen molar-refractivity contribution >= 4 is 11.8 Å². The molecule has 0 amide bonds. The topological polar surface area (TPSA) is 46.0 Å². The maximum absolute atomic E-state index is 4.11. The third-order valence-corrected chi connectivity index (χ3v) is 3.54. The summed E-state index contributed by atoms with van der Waals surface area (Å²) in [6, 6.07) is 0. The van der Waals surface area contributed by atoms with Crippen molar-refractivity contribution in [1.82, 2.24) is 25.0 Å². The van der Waals surface area contributed by atoms with Crippen LogP contribution in [0.5, 0.6) is 0 Å². The van der Waals surface area contributed by atoms with Gasteiger partial charge in [0.15, 0.2) is 5.16 Å². The van der Waals surface area contributed by atoms with Crippen LogP contribution in [0.15, 0.2) is 5.16 Å². The fourth-order valence-corrected chi connectivity index (χ4v) is 2.23. The Kier molecular flexibility index (Phi) is 6.54. The number of nitrogens with zero attached hydrogens (tertiary/aromatic N) is 4. The average Bonchev–Trinajstić information content (AvgIpc) is 2.59. The Balaban J connectivity index is 2.03. The number of hydrogen-bond acceptors (Lipinski definition) is 5. The predicted octanol–water partition coefficient (Wildman–Crippen LogP) is 0.757. The summed E-state index contributed by atoms with van der Waals surface area (Å²) in [5.74, 6) is 2.00. The Labute approximate surface area is 108 Å². The predicted molar refractivity (Wildman–Crippen MR) is 72.5 cm³/mol. The molecule has 1 aromatic rings. The Morgan fingerprint density at radius 2 is 2.06 bits per heavy atom. The monoisotopic (exact) mass is 257 g/mol. The van der Waals surface area contributed by atoms with E-state index in [0.29, 0.717) is 0 Å². The molecular weight excluding hydrogens is 234 g/mol. The lowest BCUT2D eigenvalue weighted by Gasteiger charge is -2.09. The minimum atomic E-state index is 0.964. The van der Waals surface area contributed by atoms with Crippen LogP contribution < -0.4 is 5.32 Å². The van der Waals surface area contributed by atoms with E-state index in [2.05, 4.69) is 34.5 Å². The van der Waals surface area contributed by atoms with Crippen LogP contribution in [0, 0.1) is 6.92 Å². The van der Waals surface area contributed by atoms with Crippen molar-refractivity contribution in [3.8, 4) is 0 Å². The number of aryl methyl sites for hydroxylation is 1. The number of hydrogen-bond donors (Lipinski definition) is 1. The van der Waals surface area contributed by atoms with Crippen molar-refractivity contribution in [1.29, 1.82) is 0 Å². The highest BCUT2D eigenvalue weighted by molar-refractivity contribution is 7.99. The van der Waals surface area contributed by atoms with Crippen LogP contribution in [0.25, 0.3) is 0 Å². The first kappa shape index (κ1) is 14.5. The molecule has 0 aromatic carbocycles. The van der Waals surface area contributed by atoms with Crippen molar-refractivity contribution in [2.75, 3.05) is 39.5 Å². The highest BCUT2D eigenvalue weighted by Crippen LogP contribution is 2.13. The van der Waals surface area contributed by atoms with Crippen LogP contribution >= 0.6 is 11.8 Å². The third-order valence-electron chi connectivity index (χ3n) is 2.52. The normalized spacial score (nSPS) is 11.4. The molecule has 1 N–H and O–H groups in total. The number of rotatable bonds is 8. The Bertz CT molecular complexity index is 324. The zero-order valence-electron chi connectivity index (χ0n) is 11.2. The molecule has 0 spiro atoms. The summed E-state index contributed by atoms with van der Waals surface area (Å²) in [7, 11) is 6.21. The van der Waals surface area contributed by atoms with Gasteiger partial charge in [0.25, 0.3) is 0 Å². The van der Waals surface area contributed by atoms with Gasteiger partial charge in [-0.25, -0.2) is 0 Å². The van der Waals surface area contributed by atoms with Gasteiger partial charge in [-0.05, 0) is 40.5 Å². The molecule has 0 saturated heterocycles. The van der Waals surface area contributed by atoms with Crippen LogP contribution in [-0.4, -0.2) is 59.1 Å². The third kappa shape index (κ3) is 5.52. The highest BCUT2D eigenvalue weighted by Gasteiger charge is 2.04. The second-order valence-corrected chi connectivity index (χ2v) is 5.41. The molecule has 0 atom stereocenters. The molecule has 6 heteroatoms. The van der Waals surface area contributed by atoms with Crippen LogP contribution in [0.4, 0.5) is 0 Å². The minimum Gasteiger partial charge on any atom is -0.316 e. The van der Waals surface area contributed by atoms with Gasteiger partial charge in [0.2, 0.25) is 0 Å². The Morgan fingerprint density at radius 1 is 1.29 bits per heavy atom. The van der Waals surface area contributed by atoms with Crippen molar-refractivity contribution in [3.05, 3.63) is 5.82 Å². The summed E-state index contributed by atoms with van der Waals surface area (Å²) < 4.78 is 2.02. The summed E-state index contributed by atoms with van der Waals surface area (Å²) in [6.45, 7) is 5.21. The molecule has 0 aliphatic rings. The summed E-state index contributed by atoms with van der Waals surface area (Å²) in [6.07, 6.45) is 1.20. The van der Waals surface area contributed by atoms with E-state index in [1.165, 1.54) is 6.42 Å². The Morgan fingerprint density at radius 3 is 2.65 bits per heavy atom. The molecule has 0 radical (unpaired) electrons. The quantitative estimate of drug-likeness (QED) is 0.550. The van der Waals surface area contributed by atoms with Crippen molar-refractivity contribution < 1.29 is 0 Å². The van der Waals surface area contributed by atoms with Gasteiger partial charge in [-0.2, -0.15) is 0 Å². The molecule has 0 aliphatic carbocycles. The van der Waals surface area contributed by atoms with E-state index in [4.69, 9.17) is 0 Å². The van der Waals surface area contributed by atoms with Crippen LogP contribution in [0.1, 0.15) is 12.2 Å². The molecular formula is C11H23N5S. The van der Waals surface area contributed by atoms with Crippen LogP contribution in [0.2, 0.25) is 0 Å². The van der Waals surface area contributed by atoms with E-state index in [1.54, 1.807) is 11.8 Å². The number of aromatic nitrogens is 3. The maximum atomic E-state index is 4.11. The molecule has 0 unspecified atom stereocenters. The average molecular weight is 257 g/mol. The first-order valence-corrected chi connectivity index (χ1v) is 6.94. The largest absolute Gasteiger partial charge is 0.316 e. The highest BCUT2D eigenvalue weighted by atomic mass is 32.2. The zero-order valence-corrected chi connectivity index (χ0v) is 12.0. The molecule has 0 bridgehead atoms. The van der Waals surface area contributed by atoms with E-state index < -0.39 is 0 Å². The van der Waals surface area contributed by atoms with Gasteiger partial charge in [0, 0.05) is 19.3 Å². The lowest BCUT2D eigenvalue weighted by Crippen LogP contribution is -2.23. The standard InChI is InChI=1S/C11H23N5S/c1-10-13-14-11(16(10)4)17-9-7-12-6-5-8-15(2)3/h12H,5-9H2,1-4H3. The van der Waals surface area contributed by atoms with Gasteiger partial charge < -0.3 is 14.8 Å². The fourth-order valence-electron chi connectivity index (χ4n) is 1.37. The SMILES string of the molecule is Cc1nnc(SCCNCCCN(C)C)n1C. The van der Waals surface area contributed by atoms with Gasteiger partial charge in [0.1, 0.15) is 5.82 Å². The first-order valence-electron chi connectivity index (χ1n) is 5.95. The lowest BCUT2D eigenvalue weighted by atomic mass is 10.4.